The van der Waals surface area contributed by atoms with E-state index in [1.807, 2.05) is 20.8 Å². The summed E-state index contributed by atoms with van der Waals surface area (Å²) in [6.07, 6.45) is 6.13. The second-order valence-corrected chi connectivity index (χ2v) is 7.33. The van der Waals surface area contributed by atoms with Crippen molar-refractivity contribution in [2.45, 2.75) is 45.1 Å². The molecule has 1 N–H and O–H groups in total. The van der Waals surface area contributed by atoms with Crippen LogP contribution in [0.25, 0.3) is 0 Å². The number of amides is 2. The molecule has 1 aliphatic rings. The lowest BCUT2D eigenvalue weighted by Crippen LogP contribution is -2.41. The maximum absolute atomic E-state index is 12.7. The average Bonchev–Trinajstić information content (AvgIpc) is 3.21. The Morgan fingerprint density at radius 2 is 2.04 bits per heavy atom. The average molecular weight is 351 g/mol. The summed E-state index contributed by atoms with van der Waals surface area (Å²) in [5.41, 5.74) is 1.94. The van der Waals surface area contributed by atoms with Crippen LogP contribution in [0.4, 0.5) is 11.6 Å². The zero-order chi connectivity index (χ0) is 18.9. The third-order valence-corrected chi connectivity index (χ3v) is 4.35. The lowest BCUT2D eigenvalue weighted by Gasteiger charge is -2.23. The number of benzene rings is 1. The predicted molar refractivity (Wildman–Crippen MR) is 98.7 cm³/mol. The number of nitrogens with zero attached hydrogens (tertiary/aromatic N) is 2. The Morgan fingerprint density at radius 1 is 1.35 bits per heavy atom. The number of nitrogens with one attached hydrogen (secondary N) is 1. The van der Waals surface area contributed by atoms with Crippen LogP contribution in [-0.2, 0) is 15.0 Å². The van der Waals surface area contributed by atoms with Gasteiger partial charge in [-0.25, -0.2) is 0 Å². The molecule has 1 fully saturated rings. The largest absolute Gasteiger partial charge is 0.338 e. The van der Waals surface area contributed by atoms with Gasteiger partial charge in [-0.3, -0.25) is 19.8 Å². The van der Waals surface area contributed by atoms with Crippen LogP contribution in [-0.4, -0.2) is 23.0 Å². The Kier molecular flexibility index (Phi) is 4.56. The van der Waals surface area contributed by atoms with Crippen LogP contribution >= 0.6 is 0 Å². The minimum atomic E-state index is -0.595. The first-order valence-corrected chi connectivity index (χ1v) is 8.46. The summed E-state index contributed by atoms with van der Waals surface area (Å²) < 4.78 is 5.21. The Morgan fingerprint density at radius 3 is 2.62 bits per heavy atom. The van der Waals surface area contributed by atoms with E-state index in [-0.39, 0.29) is 23.1 Å². The highest BCUT2D eigenvalue weighted by atomic mass is 16.5. The van der Waals surface area contributed by atoms with Crippen LogP contribution in [0.3, 0.4) is 0 Å². The smallest absolute Gasteiger partial charge is 0.249 e. The number of hydrogen-bond acceptors (Lipinski definition) is 4. The van der Waals surface area contributed by atoms with Crippen molar-refractivity contribution in [2.24, 2.45) is 0 Å². The molecule has 1 aromatic carbocycles. The summed E-state index contributed by atoms with van der Waals surface area (Å²) in [6, 6.07) is 8.13. The first-order valence-electron chi connectivity index (χ1n) is 8.46. The molecular formula is C20H21N3O3. The van der Waals surface area contributed by atoms with Crippen LogP contribution in [0.15, 0.2) is 34.9 Å². The summed E-state index contributed by atoms with van der Waals surface area (Å²) in [6.45, 7) is 6.02. The molecule has 1 aliphatic heterocycles. The molecule has 6 nitrogen and oxygen atoms in total. The molecule has 26 heavy (non-hydrogen) atoms. The van der Waals surface area contributed by atoms with Gasteiger partial charge in [-0.15, -0.1) is 6.42 Å². The van der Waals surface area contributed by atoms with Gasteiger partial charge in [0.25, 0.3) is 0 Å². The van der Waals surface area contributed by atoms with Gasteiger partial charge in [0, 0.05) is 29.2 Å². The standard InChI is InChI=1S/C20H21N3O3/c1-5-13-6-8-14(9-7-13)23-15(10-11-18(23)24)19(25)21-17-12-16(22-26-17)20(2,3)4/h1,6-9,12,15H,10-11H2,2-4H3,(H,21,25)/t15-/m0/s1. The number of aromatic nitrogens is 1. The third kappa shape index (κ3) is 3.47. The normalized spacial score (nSPS) is 17.2. The summed E-state index contributed by atoms with van der Waals surface area (Å²) in [7, 11) is 0. The Hall–Kier alpha value is -3.07. The quantitative estimate of drug-likeness (QED) is 0.862. The first-order chi connectivity index (χ1) is 12.3. The topological polar surface area (TPSA) is 75.4 Å². The van der Waals surface area contributed by atoms with Crippen molar-refractivity contribution in [2.75, 3.05) is 10.2 Å². The van der Waals surface area contributed by atoms with Gasteiger partial charge in [-0.2, -0.15) is 0 Å². The Labute approximate surface area is 152 Å². The van der Waals surface area contributed by atoms with E-state index in [0.29, 0.717) is 18.5 Å². The van der Waals surface area contributed by atoms with Crippen molar-refractivity contribution < 1.29 is 14.1 Å². The van der Waals surface area contributed by atoms with Gasteiger partial charge in [0.15, 0.2) is 0 Å². The maximum atomic E-state index is 12.7. The highest BCUT2D eigenvalue weighted by Gasteiger charge is 2.37. The predicted octanol–water partition coefficient (Wildman–Crippen LogP) is 3.09. The van der Waals surface area contributed by atoms with E-state index in [1.165, 1.54) is 4.90 Å². The van der Waals surface area contributed by atoms with Crippen molar-refractivity contribution in [1.29, 1.82) is 0 Å². The van der Waals surface area contributed by atoms with Crippen molar-refractivity contribution in [3.63, 3.8) is 0 Å². The lowest BCUT2D eigenvalue weighted by atomic mass is 9.92. The zero-order valence-corrected chi connectivity index (χ0v) is 15.1. The summed E-state index contributed by atoms with van der Waals surface area (Å²) in [4.78, 5) is 26.5. The minimum Gasteiger partial charge on any atom is -0.338 e. The minimum absolute atomic E-state index is 0.0911. The first kappa shape index (κ1) is 17.7. The second kappa shape index (κ2) is 6.68. The molecule has 0 saturated carbocycles. The molecule has 134 valence electrons. The number of anilines is 2. The van der Waals surface area contributed by atoms with Crippen molar-refractivity contribution in [3.8, 4) is 12.3 Å². The molecule has 3 rings (SSSR count). The zero-order valence-electron chi connectivity index (χ0n) is 15.1. The van der Waals surface area contributed by atoms with Gasteiger partial charge in [0.2, 0.25) is 17.7 Å². The van der Waals surface area contributed by atoms with E-state index in [4.69, 9.17) is 10.9 Å². The van der Waals surface area contributed by atoms with E-state index in [9.17, 15) is 9.59 Å². The highest BCUT2D eigenvalue weighted by molar-refractivity contribution is 6.07. The molecule has 0 bridgehead atoms. The molecule has 2 amide bonds. The van der Waals surface area contributed by atoms with Gasteiger partial charge in [0.05, 0.1) is 5.69 Å². The van der Waals surface area contributed by atoms with Crippen LogP contribution < -0.4 is 10.2 Å². The third-order valence-electron chi connectivity index (χ3n) is 4.35. The van der Waals surface area contributed by atoms with Gasteiger partial charge in [-0.1, -0.05) is 31.8 Å². The molecule has 0 radical (unpaired) electrons. The molecule has 0 unspecified atom stereocenters. The molecule has 0 spiro atoms. The SMILES string of the molecule is C#Cc1ccc(N2C(=O)CC[C@H]2C(=O)Nc2cc(C(C)(C)C)no2)cc1. The lowest BCUT2D eigenvalue weighted by molar-refractivity contribution is -0.120. The molecule has 2 heterocycles. The fourth-order valence-electron chi connectivity index (χ4n) is 2.87. The van der Waals surface area contributed by atoms with Crippen LogP contribution in [0, 0.1) is 12.3 Å². The summed E-state index contributed by atoms with van der Waals surface area (Å²) in [5, 5.41) is 6.71. The van der Waals surface area contributed by atoms with Gasteiger partial charge >= 0.3 is 0 Å². The molecular weight excluding hydrogens is 330 g/mol. The summed E-state index contributed by atoms with van der Waals surface area (Å²) >= 11 is 0. The fourth-order valence-corrected chi connectivity index (χ4v) is 2.87. The number of rotatable bonds is 3. The molecule has 1 atom stereocenters. The highest BCUT2D eigenvalue weighted by Crippen LogP contribution is 2.29. The number of carbonyl (C=O) groups excluding carboxylic acids is 2. The van der Waals surface area contributed by atoms with E-state index < -0.39 is 6.04 Å². The molecule has 0 aliphatic carbocycles. The monoisotopic (exact) mass is 351 g/mol. The van der Waals surface area contributed by atoms with Crippen molar-refractivity contribution >= 4 is 23.4 Å². The van der Waals surface area contributed by atoms with Crippen molar-refractivity contribution in [3.05, 3.63) is 41.6 Å². The van der Waals surface area contributed by atoms with Crippen molar-refractivity contribution in [1.82, 2.24) is 5.16 Å². The van der Waals surface area contributed by atoms with E-state index in [0.717, 1.165) is 11.3 Å². The Bertz CT molecular complexity index is 869. The Balaban J connectivity index is 1.78. The number of terminal acetylenes is 1. The number of hydrogen-bond donors (Lipinski definition) is 1. The van der Waals surface area contributed by atoms with Gasteiger partial charge < -0.3 is 4.52 Å². The van der Waals surface area contributed by atoms with Crippen LogP contribution in [0.5, 0.6) is 0 Å². The van der Waals surface area contributed by atoms with E-state index >= 15 is 0 Å². The summed E-state index contributed by atoms with van der Waals surface area (Å²) in [5.74, 6) is 2.43. The van der Waals surface area contributed by atoms with E-state index in [1.54, 1.807) is 30.3 Å². The molecule has 2 aromatic rings. The molecule has 1 aromatic heterocycles. The maximum Gasteiger partial charge on any atom is 0.249 e. The van der Waals surface area contributed by atoms with Gasteiger partial charge in [0.1, 0.15) is 6.04 Å². The van der Waals surface area contributed by atoms with E-state index in [2.05, 4.69) is 16.4 Å². The van der Waals surface area contributed by atoms with Crippen LogP contribution in [0.2, 0.25) is 0 Å². The fraction of sp³-hybridized carbons (Fsp3) is 0.350. The molecule has 6 heteroatoms. The van der Waals surface area contributed by atoms with Crippen LogP contribution in [0.1, 0.15) is 44.9 Å². The number of carbonyl (C=O) groups is 2. The molecule has 1 saturated heterocycles. The van der Waals surface area contributed by atoms with Gasteiger partial charge in [-0.05, 0) is 30.7 Å². The second-order valence-electron chi connectivity index (χ2n) is 7.33.